The van der Waals surface area contributed by atoms with Gasteiger partial charge in [-0.15, -0.1) is 0 Å². The summed E-state index contributed by atoms with van der Waals surface area (Å²) in [5.74, 6) is 0. The molecule has 0 saturated heterocycles. The minimum atomic E-state index is -2.24. The second-order valence-electron chi connectivity index (χ2n) is 0.838. The van der Waals surface area contributed by atoms with Crippen molar-refractivity contribution in [1.29, 1.82) is 0 Å². The van der Waals surface area contributed by atoms with E-state index in [2.05, 4.69) is 7.45 Å². The molecule has 0 aromatic heterocycles. The SMILES string of the molecule is CCO[As](O)OC. The van der Waals surface area contributed by atoms with Gasteiger partial charge in [-0.05, 0) is 0 Å². The van der Waals surface area contributed by atoms with E-state index in [9.17, 15) is 0 Å². The first-order valence-electron chi connectivity index (χ1n) is 1.97. The summed E-state index contributed by atoms with van der Waals surface area (Å²) in [5.41, 5.74) is 0. The molecule has 0 aliphatic rings. The molecule has 0 aromatic carbocycles. The molecule has 0 radical (unpaired) electrons. The van der Waals surface area contributed by atoms with E-state index in [0.717, 1.165) is 0 Å². The van der Waals surface area contributed by atoms with Crippen LogP contribution in [0, 0.1) is 0 Å². The van der Waals surface area contributed by atoms with Gasteiger partial charge in [0.05, 0.1) is 0 Å². The molecule has 0 aliphatic carbocycles. The Balaban J connectivity index is 2.83. The third-order valence-electron chi connectivity index (χ3n) is 0.396. The van der Waals surface area contributed by atoms with Crippen LogP contribution in [-0.2, 0) is 7.45 Å². The number of hydrogen-bond acceptors (Lipinski definition) is 3. The molecular weight excluding hydrogens is 159 g/mol. The molecule has 0 heterocycles. The molecule has 0 bridgehead atoms. The summed E-state index contributed by atoms with van der Waals surface area (Å²) in [6.45, 7) is 2.35. The fraction of sp³-hybridized carbons (Fsp3) is 1.00. The summed E-state index contributed by atoms with van der Waals surface area (Å²) in [7, 11) is 1.44. The topological polar surface area (TPSA) is 38.7 Å². The number of hydrogen-bond donors (Lipinski definition) is 1. The Labute approximate surface area is 48.6 Å². The number of rotatable bonds is 3. The second kappa shape index (κ2) is 4.59. The maximum absolute atomic E-state index is 8.56. The van der Waals surface area contributed by atoms with Gasteiger partial charge < -0.3 is 0 Å². The zero-order chi connectivity index (χ0) is 5.70. The first-order chi connectivity index (χ1) is 3.31. The van der Waals surface area contributed by atoms with E-state index in [1.165, 1.54) is 7.11 Å². The van der Waals surface area contributed by atoms with E-state index in [0.29, 0.717) is 6.61 Å². The molecule has 4 heteroatoms. The van der Waals surface area contributed by atoms with Crippen molar-refractivity contribution < 1.29 is 11.5 Å². The molecule has 1 N–H and O–H groups in total. The first-order valence-corrected chi connectivity index (χ1v) is 4.34. The molecule has 0 aliphatic heterocycles. The summed E-state index contributed by atoms with van der Waals surface area (Å²) in [6, 6.07) is 0. The average Bonchev–Trinajstić information content (AvgIpc) is 1.68. The molecule has 0 fully saturated rings. The molecule has 0 saturated carbocycles. The fourth-order valence-corrected chi connectivity index (χ4v) is 0.848. The molecule has 44 valence electrons. The van der Waals surface area contributed by atoms with Crippen molar-refractivity contribution in [2.45, 2.75) is 6.92 Å². The van der Waals surface area contributed by atoms with Gasteiger partial charge in [-0.2, -0.15) is 0 Å². The van der Waals surface area contributed by atoms with Gasteiger partial charge in [0, 0.05) is 0 Å². The molecule has 1 atom stereocenters. The predicted octanol–water partition coefficient (Wildman–Crippen LogP) is -0.353. The van der Waals surface area contributed by atoms with E-state index in [4.69, 9.17) is 4.10 Å². The van der Waals surface area contributed by atoms with Gasteiger partial charge in [-0.3, -0.25) is 0 Å². The van der Waals surface area contributed by atoms with Gasteiger partial charge in [-0.25, -0.2) is 0 Å². The van der Waals surface area contributed by atoms with Crippen molar-refractivity contribution in [2.75, 3.05) is 13.7 Å². The Morgan fingerprint density at radius 3 is 2.43 bits per heavy atom. The molecule has 0 aromatic rings. The summed E-state index contributed by atoms with van der Waals surface area (Å²) in [6.07, 6.45) is 0. The quantitative estimate of drug-likeness (QED) is 0.585. The van der Waals surface area contributed by atoms with Crippen molar-refractivity contribution in [3.63, 3.8) is 0 Å². The van der Waals surface area contributed by atoms with E-state index in [-0.39, 0.29) is 0 Å². The molecular formula is C3H9AsO3. The standard InChI is InChI=1S/C3H9AsO3/c1-3-7-4(5)6-2/h5H,3H2,1-2H3. The fourth-order valence-electron chi connectivity index (χ4n) is 0.163. The van der Waals surface area contributed by atoms with Crippen molar-refractivity contribution in [3.8, 4) is 0 Å². The van der Waals surface area contributed by atoms with Gasteiger partial charge in [0.2, 0.25) is 0 Å². The van der Waals surface area contributed by atoms with Gasteiger partial charge in [-0.1, -0.05) is 0 Å². The Kier molecular flexibility index (Phi) is 4.88. The van der Waals surface area contributed by atoms with Crippen LogP contribution >= 0.6 is 0 Å². The molecule has 0 spiro atoms. The van der Waals surface area contributed by atoms with Crippen LogP contribution in [0.5, 0.6) is 0 Å². The second-order valence-corrected chi connectivity index (χ2v) is 3.14. The van der Waals surface area contributed by atoms with Crippen molar-refractivity contribution in [1.82, 2.24) is 0 Å². The van der Waals surface area contributed by atoms with Gasteiger partial charge in [0.1, 0.15) is 0 Å². The van der Waals surface area contributed by atoms with Crippen LogP contribution in [0.3, 0.4) is 0 Å². The van der Waals surface area contributed by atoms with Gasteiger partial charge in [0.15, 0.2) is 0 Å². The zero-order valence-electron chi connectivity index (χ0n) is 4.42. The average molecular weight is 168 g/mol. The maximum atomic E-state index is 8.56. The van der Waals surface area contributed by atoms with Crippen molar-refractivity contribution >= 4 is 15.7 Å². The minimum absolute atomic E-state index is 0.532. The molecule has 0 rings (SSSR count). The van der Waals surface area contributed by atoms with Crippen LogP contribution in [0.4, 0.5) is 0 Å². The van der Waals surface area contributed by atoms with Gasteiger partial charge in [0.25, 0.3) is 0 Å². The Hall–Kier alpha value is 0.438. The predicted molar refractivity (Wildman–Crippen MR) is 26.6 cm³/mol. The molecule has 3 nitrogen and oxygen atoms in total. The van der Waals surface area contributed by atoms with E-state index < -0.39 is 15.7 Å². The third-order valence-corrected chi connectivity index (χ3v) is 2.06. The molecule has 0 amide bonds. The van der Waals surface area contributed by atoms with Crippen molar-refractivity contribution in [3.05, 3.63) is 0 Å². The van der Waals surface area contributed by atoms with Crippen LogP contribution in [-0.4, -0.2) is 33.5 Å². The molecule has 1 unspecified atom stereocenters. The van der Waals surface area contributed by atoms with Crippen LogP contribution in [0.1, 0.15) is 6.92 Å². The Morgan fingerprint density at radius 1 is 1.71 bits per heavy atom. The van der Waals surface area contributed by atoms with E-state index in [1.54, 1.807) is 0 Å². The van der Waals surface area contributed by atoms with Crippen LogP contribution in [0.25, 0.3) is 0 Å². The normalized spacial score (nSPS) is 14.1. The molecule has 7 heavy (non-hydrogen) atoms. The summed E-state index contributed by atoms with van der Waals surface area (Å²) in [4.78, 5) is 0. The van der Waals surface area contributed by atoms with Crippen LogP contribution < -0.4 is 0 Å². The van der Waals surface area contributed by atoms with E-state index >= 15 is 0 Å². The first kappa shape index (κ1) is 7.44. The van der Waals surface area contributed by atoms with Crippen molar-refractivity contribution in [2.24, 2.45) is 0 Å². The summed E-state index contributed by atoms with van der Waals surface area (Å²) in [5, 5.41) is 0. The van der Waals surface area contributed by atoms with Gasteiger partial charge >= 0.3 is 47.9 Å². The van der Waals surface area contributed by atoms with Crippen LogP contribution in [0.15, 0.2) is 0 Å². The van der Waals surface area contributed by atoms with Crippen LogP contribution in [0.2, 0.25) is 0 Å². The Morgan fingerprint density at radius 2 is 2.29 bits per heavy atom. The third kappa shape index (κ3) is 4.29. The zero-order valence-corrected chi connectivity index (χ0v) is 6.29. The Bertz CT molecular complexity index is 41.2. The van der Waals surface area contributed by atoms with E-state index in [1.807, 2.05) is 6.92 Å². The summed E-state index contributed by atoms with van der Waals surface area (Å²) >= 11 is -2.24. The summed E-state index contributed by atoms with van der Waals surface area (Å²) < 4.78 is 17.7. The monoisotopic (exact) mass is 168 g/mol.